The largest absolute Gasteiger partial charge is 0.370 e. The molecule has 2 aromatic rings. The number of likely N-dealkylation sites (N-methyl/N-ethyl adjacent to an activating group) is 1. The zero-order chi connectivity index (χ0) is 16.4. The molecule has 1 saturated heterocycles. The number of amides is 1. The van der Waals surface area contributed by atoms with Crippen molar-refractivity contribution in [3.05, 3.63) is 35.9 Å². The molecule has 25 heavy (non-hydrogen) atoms. The third-order valence-electron chi connectivity index (χ3n) is 4.07. The lowest BCUT2D eigenvalue weighted by molar-refractivity contribution is -0.141. The number of carbonyl (C=O) groups excluding carboxylic acids is 1. The van der Waals surface area contributed by atoms with Crippen LogP contribution in [0, 0.1) is 0 Å². The molecule has 0 aromatic carbocycles. The Balaban J connectivity index is 0.00000156. The predicted octanol–water partition coefficient (Wildman–Crippen LogP) is 0.858. The summed E-state index contributed by atoms with van der Waals surface area (Å²) in [6.07, 6.45) is 7.16. The summed E-state index contributed by atoms with van der Waals surface area (Å²) in [6.45, 7) is 1.64. The third kappa shape index (κ3) is 4.72. The van der Waals surface area contributed by atoms with Crippen LogP contribution in [0.3, 0.4) is 0 Å². The van der Waals surface area contributed by atoms with Crippen molar-refractivity contribution in [1.82, 2.24) is 29.8 Å². The quantitative estimate of drug-likeness (QED) is 0.837. The van der Waals surface area contributed by atoms with E-state index in [1.54, 1.807) is 28.8 Å². The van der Waals surface area contributed by atoms with Crippen LogP contribution in [-0.4, -0.2) is 57.1 Å². The fraction of sp³-hybridized carbons (Fsp3) is 0.533. The van der Waals surface area contributed by atoms with Gasteiger partial charge in [-0.05, 0) is 7.05 Å². The number of nitrogens with zero attached hydrogens (tertiary/aromatic N) is 5. The van der Waals surface area contributed by atoms with E-state index >= 15 is 0 Å². The third-order valence-corrected chi connectivity index (χ3v) is 4.07. The summed E-state index contributed by atoms with van der Waals surface area (Å²) in [5.74, 6) is 0.0395. The van der Waals surface area contributed by atoms with Crippen LogP contribution in [0.4, 0.5) is 0 Å². The van der Waals surface area contributed by atoms with Gasteiger partial charge < -0.3 is 15.0 Å². The highest BCUT2D eigenvalue weighted by Crippen LogP contribution is 2.24. The Hall–Kier alpha value is -1.61. The van der Waals surface area contributed by atoms with E-state index in [1.807, 2.05) is 31.4 Å². The van der Waals surface area contributed by atoms with Crippen LogP contribution in [0.1, 0.15) is 23.3 Å². The molecule has 0 radical (unpaired) electrons. The van der Waals surface area contributed by atoms with Gasteiger partial charge >= 0.3 is 0 Å². The van der Waals surface area contributed by atoms with Crippen LogP contribution < -0.4 is 5.32 Å². The summed E-state index contributed by atoms with van der Waals surface area (Å²) < 4.78 is 9.24. The maximum Gasteiger partial charge on any atom is 0.244 e. The van der Waals surface area contributed by atoms with E-state index in [2.05, 4.69) is 15.5 Å². The molecule has 1 N–H and O–H groups in total. The minimum atomic E-state index is -0.392. The zero-order valence-electron chi connectivity index (χ0n) is 14.5. The SMILES string of the molecule is CNC(C(=O)N1CCOC(c2cnn(C)c2)C1)c1cnn(C)c1.Cl.Cl. The molecule has 3 rings (SSSR count). The van der Waals surface area contributed by atoms with Gasteiger partial charge in [0.1, 0.15) is 12.1 Å². The first kappa shape index (κ1) is 21.4. The standard InChI is InChI=1S/C15H22N6O2.2ClH/c1-16-14(12-7-18-20(3)9-12)15(22)21-4-5-23-13(10-21)11-6-17-19(2)8-11;;/h6-9,13-14,16H,4-5,10H2,1-3H3;2*1H. The highest BCUT2D eigenvalue weighted by molar-refractivity contribution is 5.85. The number of carbonyl (C=O) groups is 1. The minimum Gasteiger partial charge on any atom is -0.370 e. The zero-order valence-corrected chi connectivity index (χ0v) is 16.1. The van der Waals surface area contributed by atoms with Crippen molar-refractivity contribution in [2.75, 3.05) is 26.7 Å². The first-order chi connectivity index (χ1) is 11.1. The van der Waals surface area contributed by atoms with E-state index in [1.165, 1.54) is 0 Å². The molecule has 1 aliphatic rings. The van der Waals surface area contributed by atoms with Crippen molar-refractivity contribution < 1.29 is 9.53 Å². The van der Waals surface area contributed by atoms with Crippen LogP contribution in [0.15, 0.2) is 24.8 Å². The highest BCUT2D eigenvalue weighted by Gasteiger charge is 2.31. The molecule has 10 heteroatoms. The number of nitrogens with one attached hydrogen (secondary N) is 1. The molecule has 2 unspecified atom stereocenters. The van der Waals surface area contributed by atoms with Crippen molar-refractivity contribution in [3.63, 3.8) is 0 Å². The summed E-state index contributed by atoms with van der Waals surface area (Å²) >= 11 is 0. The van der Waals surface area contributed by atoms with E-state index in [9.17, 15) is 4.79 Å². The Morgan fingerprint density at radius 2 is 1.92 bits per heavy atom. The lowest BCUT2D eigenvalue weighted by Crippen LogP contribution is -2.46. The molecule has 2 aromatic heterocycles. The molecule has 1 aliphatic heterocycles. The van der Waals surface area contributed by atoms with Crippen LogP contribution in [0.25, 0.3) is 0 Å². The monoisotopic (exact) mass is 390 g/mol. The highest BCUT2D eigenvalue weighted by atomic mass is 35.5. The van der Waals surface area contributed by atoms with Gasteiger partial charge in [-0.15, -0.1) is 24.8 Å². The maximum absolute atomic E-state index is 12.9. The summed E-state index contributed by atoms with van der Waals surface area (Å²) in [5, 5.41) is 11.4. The lowest BCUT2D eigenvalue weighted by atomic mass is 10.1. The smallest absolute Gasteiger partial charge is 0.244 e. The number of aryl methyl sites for hydroxylation is 2. The minimum absolute atomic E-state index is 0. The second-order valence-corrected chi connectivity index (χ2v) is 5.76. The summed E-state index contributed by atoms with van der Waals surface area (Å²) in [6, 6.07) is -0.392. The van der Waals surface area contributed by atoms with Crippen molar-refractivity contribution >= 4 is 30.7 Å². The Bertz CT molecular complexity index is 689. The van der Waals surface area contributed by atoms with Gasteiger partial charge in [0, 0.05) is 44.2 Å². The molecule has 140 valence electrons. The molecule has 0 bridgehead atoms. The van der Waals surface area contributed by atoms with Crippen molar-refractivity contribution in [2.24, 2.45) is 14.1 Å². The van der Waals surface area contributed by atoms with Crippen LogP contribution in [0.2, 0.25) is 0 Å². The summed E-state index contributed by atoms with van der Waals surface area (Å²) in [4.78, 5) is 14.7. The van der Waals surface area contributed by atoms with E-state index in [0.29, 0.717) is 19.7 Å². The van der Waals surface area contributed by atoms with E-state index < -0.39 is 6.04 Å². The van der Waals surface area contributed by atoms with Crippen molar-refractivity contribution in [3.8, 4) is 0 Å². The van der Waals surface area contributed by atoms with Crippen LogP contribution in [-0.2, 0) is 23.6 Å². The molecule has 0 saturated carbocycles. The summed E-state index contributed by atoms with van der Waals surface area (Å²) in [5.41, 5.74) is 1.86. The lowest BCUT2D eigenvalue weighted by Gasteiger charge is -2.34. The fourth-order valence-corrected chi connectivity index (χ4v) is 2.86. The molecular formula is C15H24Cl2N6O2. The molecule has 8 nitrogen and oxygen atoms in total. The molecule has 0 aliphatic carbocycles. The molecule has 1 fully saturated rings. The fourth-order valence-electron chi connectivity index (χ4n) is 2.86. The van der Waals surface area contributed by atoms with Gasteiger partial charge in [0.15, 0.2) is 0 Å². The van der Waals surface area contributed by atoms with Gasteiger partial charge in [-0.2, -0.15) is 10.2 Å². The second-order valence-electron chi connectivity index (χ2n) is 5.76. The molecular weight excluding hydrogens is 367 g/mol. The number of aromatic nitrogens is 4. The molecule has 0 spiro atoms. The first-order valence-corrected chi connectivity index (χ1v) is 7.63. The van der Waals surface area contributed by atoms with Gasteiger partial charge in [0.2, 0.25) is 5.91 Å². The van der Waals surface area contributed by atoms with Crippen LogP contribution >= 0.6 is 24.8 Å². The van der Waals surface area contributed by atoms with Gasteiger partial charge in [-0.25, -0.2) is 0 Å². The maximum atomic E-state index is 12.9. The predicted molar refractivity (Wildman–Crippen MR) is 98.0 cm³/mol. The van der Waals surface area contributed by atoms with Gasteiger partial charge in [-0.1, -0.05) is 0 Å². The topological polar surface area (TPSA) is 77.2 Å². The molecule has 1 amide bonds. The van der Waals surface area contributed by atoms with Gasteiger partial charge in [0.25, 0.3) is 0 Å². The molecule has 3 heterocycles. The first-order valence-electron chi connectivity index (χ1n) is 7.63. The average molecular weight is 391 g/mol. The Morgan fingerprint density at radius 3 is 2.48 bits per heavy atom. The molecule has 2 atom stereocenters. The number of halogens is 2. The normalized spacial score (nSPS) is 18.2. The number of morpholine rings is 1. The number of rotatable bonds is 4. The van der Waals surface area contributed by atoms with E-state index in [0.717, 1.165) is 11.1 Å². The Labute approximate surface area is 159 Å². The van der Waals surface area contributed by atoms with E-state index in [-0.39, 0.29) is 36.8 Å². The average Bonchev–Trinajstić information content (AvgIpc) is 3.17. The summed E-state index contributed by atoms with van der Waals surface area (Å²) in [7, 11) is 5.50. The van der Waals surface area contributed by atoms with Crippen molar-refractivity contribution in [2.45, 2.75) is 12.1 Å². The number of hydrogen-bond acceptors (Lipinski definition) is 5. The second kappa shape index (κ2) is 9.19. The van der Waals surface area contributed by atoms with Crippen molar-refractivity contribution in [1.29, 1.82) is 0 Å². The van der Waals surface area contributed by atoms with Crippen LogP contribution in [0.5, 0.6) is 0 Å². The Kier molecular flexibility index (Phi) is 7.88. The number of hydrogen-bond donors (Lipinski definition) is 1. The van der Waals surface area contributed by atoms with Gasteiger partial charge in [0.05, 0.1) is 25.5 Å². The van der Waals surface area contributed by atoms with Gasteiger partial charge in [-0.3, -0.25) is 14.2 Å². The number of ether oxygens (including phenoxy) is 1. The van der Waals surface area contributed by atoms with E-state index in [4.69, 9.17) is 4.74 Å². The Morgan fingerprint density at radius 1 is 1.24 bits per heavy atom.